The number of nitrogens with zero attached hydrogens (tertiary/aromatic N) is 3. The van der Waals surface area contributed by atoms with E-state index < -0.39 is 11.9 Å². The van der Waals surface area contributed by atoms with Crippen LogP contribution in [-0.2, 0) is 4.79 Å². The first-order valence-corrected chi connectivity index (χ1v) is 6.64. The average molecular weight is 259 g/mol. The standard InChI is InChI=1S/C14H17N3O2/c1-8(9(2)14(18)19)13-16-11-7-15-6-5-12(11)17(13)10-3-4-10/h5-10H,3-4H2,1-2H3,(H,18,19). The second kappa shape index (κ2) is 4.33. The molecule has 0 saturated heterocycles. The van der Waals surface area contributed by atoms with Crippen LogP contribution in [0.2, 0.25) is 0 Å². The number of hydrogen-bond acceptors (Lipinski definition) is 3. The Bertz CT molecular complexity index is 631. The van der Waals surface area contributed by atoms with Crippen LogP contribution in [-0.4, -0.2) is 25.6 Å². The first-order valence-electron chi connectivity index (χ1n) is 6.64. The maximum atomic E-state index is 11.2. The summed E-state index contributed by atoms with van der Waals surface area (Å²) >= 11 is 0. The summed E-state index contributed by atoms with van der Waals surface area (Å²) in [6.45, 7) is 3.67. The zero-order valence-corrected chi connectivity index (χ0v) is 11.1. The molecule has 0 bridgehead atoms. The van der Waals surface area contributed by atoms with Gasteiger partial charge >= 0.3 is 5.97 Å². The number of fused-ring (bicyclic) bond motifs is 1. The van der Waals surface area contributed by atoms with E-state index in [0.717, 1.165) is 29.7 Å². The van der Waals surface area contributed by atoms with Gasteiger partial charge in [0.15, 0.2) is 0 Å². The van der Waals surface area contributed by atoms with Crippen LogP contribution in [0.25, 0.3) is 11.0 Å². The molecule has 2 atom stereocenters. The van der Waals surface area contributed by atoms with Crippen LogP contribution >= 0.6 is 0 Å². The van der Waals surface area contributed by atoms with Crippen molar-refractivity contribution in [3.05, 3.63) is 24.3 Å². The molecule has 5 nitrogen and oxygen atoms in total. The average Bonchev–Trinajstić information content (AvgIpc) is 3.16. The topological polar surface area (TPSA) is 68.0 Å². The molecule has 2 aromatic heterocycles. The van der Waals surface area contributed by atoms with E-state index in [-0.39, 0.29) is 5.92 Å². The van der Waals surface area contributed by atoms with Crippen molar-refractivity contribution in [2.75, 3.05) is 0 Å². The maximum absolute atomic E-state index is 11.2. The summed E-state index contributed by atoms with van der Waals surface area (Å²) in [5, 5.41) is 9.18. The Hall–Kier alpha value is -1.91. The molecular weight excluding hydrogens is 242 g/mol. The van der Waals surface area contributed by atoms with Crippen molar-refractivity contribution in [2.45, 2.75) is 38.6 Å². The van der Waals surface area contributed by atoms with Crippen LogP contribution in [0.1, 0.15) is 44.5 Å². The van der Waals surface area contributed by atoms with Crippen LogP contribution in [0.3, 0.4) is 0 Å². The zero-order chi connectivity index (χ0) is 13.6. The van der Waals surface area contributed by atoms with Gasteiger partial charge in [0.05, 0.1) is 17.6 Å². The van der Waals surface area contributed by atoms with Gasteiger partial charge in [-0.1, -0.05) is 13.8 Å². The molecule has 1 saturated carbocycles. The normalized spacial score (nSPS) is 18.4. The summed E-state index contributed by atoms with van der Waals surface area (Å²) in [5.74, 6) is -0.451. The Morgan fingerprint density at radius 2 is 2.21 bits per heavy atom. The molecule has 0 radical (unpaired) electrons. The number of aliphatic carboxylic acids is 1. The molecule has 1 N–H and O–H groups in total. The molecular formula is C14H17N3O2. The van der Waals surface area contributed by atoms with E-state index >= 15 is 0 Å². The van der Waals surface area contributed by atoms with Crippen molar-refractivity contribution in [3.63, 3.8) is 0 Å². The van der Waals surface area contributed by atoms with Gasteiger partial charge in [-0.15, -0.1) is 0 Å². The van der Waals surface area contributed by atoms with Gasteiger partial charge < -0.3 is 9.67 Å². The fourth-order valence-electron chi connectivity index (χ4n) is 2.44. The number of aromatic nitrogens is 3. The molecule has 3 rings (SSSR count). The quantitative estimate of drug-likeness (QED) is 0.916. The molecule has 5 heteroatoms. The molecule has 0 aromatic carbocycles. The minimum Gasteiger partial charge on any atom is -0.481 e. The number of hydrogen-bond donors (Lipinski definition) is 1. The number of pyridine rings is 1. The monoisotopic (exact) mass is 259 g/mol. The Morgan fingerprint density at radius 3 is 2.84 bits per heavy atom. The molecule has 100 valence electrons. The van der Waals surface area contributed by atoms with Gasteiger partial charge in [0.25, 0.3) is 0 Å². The highest BCUT2D eigenvalue weighted by Gasteiger charge is 2.32. The third-order valence-electron chi connectivity index (χ3n) is 3.98. The van der Waals surface area contributed by atoms with Crippen LogP contribution in [0.5, 0.6) is 0 Å². The number of carboxylic acids is 1. The fraction of sp³-hybridized carbons (Fsp3) is 0.500. The summed E-state index contributed by atoms with van der Waals surface area (Å²) in [6.07, 6.45) is 5.80. The van der Waals surface area contributed by atoms with Crippen LogP contribution in [0.4, 0.5) is 0 Å². The van der Waals surface area contributed by atoms with Gasteiger partial charge in [0.1, 0.15) is 11.3 Å². The molecule has 1 fully saturated rings. The number of imidazole rings is 1. The highest BCUT2D eigenvalue weighted by molar-refractivity contribution is 5.76. The molecule has 1 aliphatic carbocycles. The summed E-state index contributed by atoms with van der Waals surface area (Å²) < 4.78 is 2.21. The van der Waals surface area contributed by atoms with E-state index in [1.807, 2.05) is 13.0 Å². The lowest BCUT2D eigenvalue weighted by atomic mass is 9.95. The molecule has 2 aromatic rings. The molecule has 0 amide bonds. The lowest BCUT2D eigenvalue weighted by molar-refractivity contribution is -0.141. The van der Waals surface area contributed by atoms with Gasteiger partial charge in [0.2, 0.25) is 0 Å². The summed E-state index contributed by atoms with van der Waals surface area (Å²) in [4.78, 5) is 19.9. The smallest absolute Gasteiger partial charge is 0.306 e. The first kappa shape index (κ1) is 12.1. The van der Waals surface area contributed by atoms with E-state index in [4.69, 9.17) is 0 Å². The van der Waals surface area contributed by atoms with Crippen molar-refractivity contribution < 1.29 is 9.90 Å². The van der Waals surface area contributed by atoms with Crippen molar-refractivity contribution in [1.29, 1.82) is 0 Å². The highest BCUT2D eigenvalue weighted by Crippen LogP contribution is 2.41. The Kier molecular flexibility index (Phi) is 2.77. The minimum atomic E-state index is -0.778. The number of rotatable bonds is 4. The Morgan fingerprint density at radius 1 is 1.47 bits per heavy atom. The van der Waals surface area contributed by atoms with Crippen LogP contribution < -0.4 is 0 Å². The van der Waals surface area contributed by atoms with Crippen molar-refractivity contribution >= 4 is 17.0 Å². The zero-order valence-electron chi connectivity index (χ0n) is 11.1. The third-order valence-corrected chi connectivity index (χ3v) is 3.98. The minimum absolute atomic E-state index is 0.106. The van der Waals surface area contributed by atoms with E-state index in [1.165, 1.54) is 0 Å². The number of carboxylic acid groups (broad SMARTS) is 1. The maximum Gasteiger partial charge on any atom is 0.306 e. The first-order chi connectivity index (χ1) is 9.09. The van der Waals surface area contributed by atoms with Gasteiger partial charge in [-0.2, -0.15) is 0 Å². The second-order valence-electron chi connectivity index (χ2n) is 5.35. The molecule has 0 aliphatic heterocycles. The van der Waals surface area contributed by atoms with E-state index in [9.17, 15) is 9.90 Å². The molecule has 19 heavy (non-hydrogen) atoms. The van der Waals surface area contributed by atoms with Gasteiger partial charge in [-0.3, -0.25) is 9.78 Å². The second-order valence-corrected chi connectivity index (χ2v) is 5.35. The Balaban J connectivity index is 2.12. The van der Waals surface area contributed by atoms with E-state index in [1.54, 1.807) is 19.3 Å². The highest BCUT2D eigenvalue weighted by atomic mass is 16.4. The summed E-state index contributed by atoms with van der Waals surface area (Å²) in [7, 11) is 0. The summed E-state index contributed by atoms with van der Waals surface area (Å²) in [6, 6.07) is 2.44. The van der Waals surface area contributed by atoms with Gasteiger partial charge in [-0.05, 0) is 18.9 Å². The molecule has 2 unspecified atom stereocenters. The van der Waals surface area contributed by atoms with Crippen molar-refractivity contribution in [1.82, 2.24) is 14.5 Å². The summed E-state index contributed by atoms with van der Waals surface area (Å²) in [5.41, 5.74) is 1.92. The molecule has 2 heterocycles. The molecule has 1 aliphatic rings. The molecule has 0 spiro atoms. The van der Waals surface area contributed by atoms with E-state index in [2.05, 4.69) is 14.5 Å². The SMILES string of the molecule is CC(C(=O)O)C(C)c1nc2cnccc2n1C1CC1. The third kappa shape index (κ3) is 1.99. The largest absolute Gasteiger partial charge is 0.481 e. The lowest BCUT2D eigenvalue weighted by Gasteiger charge is -2.17. The fourth-order valence-corrected chi connectivity index (χ4v) is 2.44. The predicted octanol–water partition coefficient (Wildman–Crippen LogP) is 2.59. The van der Waals surface area contributed by atoms with Crippen molar-refractivity contribution in [3.8, 4) is 0 Å². The number of carbonyl (C=O) groups is 1. The van der Waals surface area contributed by atoms with Gasteiger partial charge in [-0.25, -0.2) is 4.98 Å². The van der Waals surface area contributed by atoms with E-state index in [0.29, 0.717) is 6.04 Å². The van der Waals surface area contributed by atoms with Crippen molar-refractivity contribution in [2.24, 2.45) is 5.92 Å². The lowest BCUT2D eigenvalue weighted by Crippen LogP contribution is -2.19. The van der Waals surface area contributed by atoms with Gasteiger partial charge in [0, 0.05) is 18.2 Å². The van der Waals surface area contributed by atoms with Crippen LogP contribution in [0, 0.1) is 5.92 Å². The Labute approximate surface area is 111 Å². The van der Waals surface area contributed by atoms with Crippen LogP contribution in [0.15, 0.2) is 18.5 Å². The predicted molar refractivity (Wildman–Crippen MR) is 71.0 cm³/mol.